The van der Waals surface area contributed by atoms with E-state index in [1.54, 1.807) is 0 Å². The van der Waals surface area contributed by atoms with E-state index < -0.39 is 23.1 Å². The van der Waals surface area contributed by atoms with Gasteiger partial charge in [-0.3, -0.25) is 30.7 Å². The monoisotopic (exact) mass is 394 g/mol. The van der Waals surface area contributed by atoms with Crippen LogP contribution in [0.4, 0.5) is 0 Å². The third kappa shape index (κ3) is 12.2. The maximum Gasteiger partial charge on any atom is 0.259 e. The fourth-order valence-electron chi connectivity index (χ4n) is 1.80. The van der Waals surface area contributed by atoms with Gasteiger partial charge in [-0.15, -0.1) is 0 Å². The lowest BCUT2D eigenvalue weighted by molar-refractivity contribution is -0.143. The van der Waals surface area contributed by atoms with E-state index >= 15 is 0 Å². The molecule has 0 fully saturated rings. The zero-order valence-corrected chi connectivity index (χ0v) is 15.6. The summed E-state index contributed by atoms with van der Waals surface area (Å²) in [4.78, 5) is 33.8. The third-order valence-corrected chi connectivity index (χ3v) is 3.13. The summed E-state index contributed by atoms with van der Waals surface area (Å²) in [5.41, 5.74) is 4.91. The van der Waals surface area contributed by atoms with E-state index in [2.05, 4.69) is 0 Å². The zero-order valence-electron chi connectivity index (χ0n) is 15.6. The summed E-state index contributed by atoms with van der Waals surface area (Å²) < 4.78 is 21.8. The molecule has 0 aromatic heterocycles. The van der Waals surface area contributed by atoms with Crippen LogP contribution >= 0.6 is 0 Å². The molecule has 0 atom stereocenters. The molecular weight excluding hydrogens is 364 g/mol. The van der Waals surface area contributed by atoms with Crippen LogP contribution in [0.3, 0.4) is 0 Å². The van der Waals surface area contributed by atoms with Gasteiger partial charge in [-0.1, -0.05) is 0 Å². The second kappa shape index (κ2) is 14.2. The summed E-state index contributed by atoms with van der Waals surface area (Å²) in [5, 5.41) is 0. The van der Waals surface area contributed by atoms with Crippen LogP contribution in [-0.2, 0) is 33.3 Å². The predicted molar refractivity (Wildman–Crippen MR) is 93.0 cm³/mol. The fourth-order valence-corrected chi connectivity index (χ4v) is 1.80. The van der Waals surface area contributed by atoms with E-state index in [0.29, 0.717) is 0 Å². The summed E-state index contributed by atoms with van der Waals surface area (Å²) in [6.45, 7) is 2.80. The van der Waals surface area contributed by atoms with Crippen LogP contribution < -0.4 is 33.8 Å². The molecule has 0 aromatic rings. The number of nitrogens with one attached hydrogen (secondary N) is 3. The van der Waals surface area contributed by atoms with Crippen molar-refractivity contribution in [2.24, 2.45) is 22.9 Å². The van der Waals surface area contributed by atoms with Crippen molar-refractivity contribution in [1.82, 2.24) is 16.3 Å². The van der Waals surface area contributed by atoms with Crippen molar-refractivity contribution in [3.8, 4) is 0 Å². The number of carbonyl (C=O) groups excluding carboxylic acids is 3. The summed E-state index contributed by atoms with van der Waals surface area (Å²) in [6.07, 6.45) is -0.114. The molecule has 0 aromatic carbocycles. The number of ether oxygens (including phenoxy) is 4. The van der Waals surface area contributed by atoms with Gasteiger partial charge < -0.3 is 18.9 Å². The average Bonchev–Trinajstić information content (AvgIpc) is 2.65. The summed E-state index contributed by atoms with van der Waals surface area (Å²) in [6, 6.07) is 0. The Hall–Kier alpha value is -1.87. The lowest BCUT2D eigenvalue weighted by atomic mass is 9.92. The Kier molecular flexibility index (Phi) is 13.2. The van der Waals surface area contributed by atoms with Gasteiger partial charge in [0, 0.05) is 0 Å². The summed E-state index contributed by atoms with van der Waals surface area (Å²) in [7, 11) is 0. The molecule has 0 aliphatic rings. The van der Waals surface area contributed by atoms with E-state index in [1.807, 2.05) is 30.1 Å². The van der Waals surface area contributed by atoms with Crippen molar-refractivity contribution < 1.29 is 33.3 Å². The lowest BCUT2D eigenvalue weighted by Gasteiger charge is -2.33. The number of hydrazine groups is 3. The zero-order chi connectivity index (χ0) is 20.7. The van der Waals surface area contributed by atoms with Gasteiger partial charge in [-0.2, -0.15) is 0 Å². The maximum absolute atomic E-state index is 11.3. The average molecular weight is 394 g/mol. The van der Waals surface area contributed by atoms with Crippen molar-refractivity contribution in [3.05, 3.63) is 0 Å². The highest BCUT2D eigenvalue weighted by molar-refractivity contribution is 5.77. The lowest BCUT2D eigenvalue weighted by Crippen LogP contribution is -2.45. The number of hydrogen-bond acceptors (Lipinski definition) is 10. The van der Waals surface area contributed by atoms with Crippen LogP contribution in [0.15, 0.2) is 0 Å². The van der Waals surface area contributed by atoms with Gasteiger partial charge >= 0.3 is 0 Å². The molecule has 0 unspecified atom stereocenters. The maximum atomic E-state index is 11.3. The van der Waals surface area contributed by atoms with Crippen LogP contribution in [0, 0.1) is 5.41 Å². The molecule has 0 aliphatic carbocycles. The fraction of sp³-hybridized carbons (Fsp3) is 0.786. The molecule has 3 amide bonds. The molecule has 0 spiro atoms. The predicted octanol–water partition coefficient (Wildman–Crippen LogP) is -3.58. The minimum absolute atomic E-state index is 0.0262. The molecule has 0 aliphatic heterocycles. The first-order valence-electron chi connectivity index (χ1n) is 8.11. The van der Waals surface area contributed by atoms with E-state index in [-0.39, 0.29) is 52.4 Å². The van der Waals surface area contributed by atoms with Gasteiger partial charge in [0.25, 0.3) is 17.7 Å². The van der Waals surface area contributed by atoms with Gasteiger partial charge in [0.1, 0.15) is 19.8 Å². The molecule has 0 bridgehead atoms. The first-order chi connectivity index (χ1) is 12.8. The van der Waals surface area contributed by atoms with Crippen molar-refractivity contribution in [2.45, 2.75) is 20.0 Å². The minimum atomic E-state index is -0.914. The van der Waals surface area contributed by atoms with E-state index in [1.165, 1.54) is 0 Å². The second-order valence-corrected chi connectivity index (χ2v) is 6.04. The van der Waals surface area contributed by atoms with Crippen LogP contribution in [0.25, 0.3) is 0 Å². The van der Waals surface area contributed by atoms with Gasteiger partial charge in [0.05, 0.1) is 37.9 Å². The van der Waals surface area contributed by atoms with Gasteiger partial charge in [-0.05, 0) is 13.8 Å². The Morgan fingerprint density at radius 1 is 0.741 bits per heavy atom. The molecule has 13 heteroatoms. The second-order valence-electron chi connectivity index (χ2n) is 6.04. The highest BCUT2D eigenvalue weighted by Gasteiger charge is 2.33. The Labute approximate surface area is 157 Å². The first kappa shape index (κ1) is 25.1. The van der Waals surface area contributed by atoms with Gasteiger partial charge in [0.15, 0.2) is 0 Å². The Morgan fingerprint density at radius 2 is 1.07 bits per heavy atom. The van der Waals surface area contributed by atoms with Crippen molar-refractivity contribution in [2.75, 3.05) is 46.2 Å². The molecule has 0 heterocycles. The minimum Gasteiger partial charge on any atom is -0.378 e. The third-order valence-electron chi connectivity index (χ3n) is 3.13. The Bertz CT molecular complexity index is 408. The van der Waals surface area contributed by atoms with Crippen molar-refractivity contribution in [1.29, 1.82) is 0 Å². The van der Waals surface area contributed by atoms with Gasteiger partial charge in [0.2, 0.25) is 0 Å². The SMILES string of the molecule is CC(C)OCC(COCC(=O)NN)(COCC(=O)NN)COCC(=O)NN. The molecule has 0 radical (unpaired) electrons. The van der Waals surface area contributed by atoms with Crippen LogP contribution in [-0.4, -0.2) is 70.1 Å². The van der Waals surface area contributed by atoms with Gasteiger partial charge in [-0.25, -0.2) is 17.5 Å². The normalized spacial score (nSPS) is 11.3. The molecule has 0 rings (SSSR count). The number of hydrogen-bond donors (Lipinski definition) is 6. The number of carbonyl (C=O) groups is 3. The first-order valence-corrected chi connectivity index (χ1v) is 8.11. The Morgan fingerprint density at radius 3 is 1.33 bits per heavy atom. The van der Waals surface area contributed by atoms with Crippen LogP contribution in [0.2, 0.25) is 0 Å². The summed E-state index contributed by atoms with van der Waals surface area (Å²) in [5.74, 6) is 13.5. The topological polar surface area (TPSA) is 202 Å². The molecular formula is C14H30N6O7. The van der Waals surface area contributed by atoms with Crippen molar-refractivity contribution in [3.63, 3.8) is 0 Å². The van der Waals surface area contributed by atoms with Crippen molar-refractivity contribution >= 4 is 17.7 Å². The largest absolute Gasteiger partial charge is 0.378 e. The molecule has 158 valence electrons. The van der Waals surface area contributed by atoms with E-state index in [4.69, 9.17) is 36.5 Å². The quantitative estimate of drug-likeness (QED) is 0.0915. The molecule has 0 saturated heterocycles. The number of amides is 3. The Balaban J connectivity index is 5.04. The molecule has 9 N–H and O–H groups in total. The van der Waals surface area contributed by atoms with Crippen LogP contribution in [0.1, 0.15) is 13.8 Å². The molecule has 27 heavy (non-hydrogen) atoms. The molecule has 0 saturated carbocycles. The number of rotatable bonds is 15. The molecule has 13 nitrogen and oxygen atoms in total. The van der Waals surface area contributed by atoms with Crippen LogP contribution in [0.5, 0.6) is 0 Å². The smallest absolute Gasteiger partial charge is 0.259 e. The summed E-state index contributed by atoms with van der Waals surface area (Å²) >= 11 is 0. The highest BCUT2D eigenvalue weighted by atomic mass is 16.5. The van der Waals surface area contributed by atoms with E-state index in [9.17, 15) is 14.4 Å². The highest BCUT2D eigenvalue weighted by Crippen LogP contribution is 2.21. The van der Waals surface area contributed by atoms with E-state index in [0.717, 1.165) is 0 Å². The standard InChI is InChI=1S/C14H30N6O7/c1-10(2)27-9-14(6-24-3-11(21)18-15,7-25-4-12(22)19-16)8-26-5-13(23)20-17/h10H,3-9,15-17H2,1-2H3,(H,18,21)(H,19,22)(H,20,23). The number of nitrogens with two attached hydrogens (primary N) is 3.